The zero-order valence-electron chi connectivity index (χ0n) is 12.7. The van der Waals surface area contributed by atoms with Crippen molar-refractivity contribution in [1.29, 1.82) is 0 Å². The van der Waals surface area contributed by atoms with Crippen molar-refractivity contribution in [3.05, 3.63) is 40.4 Å². The minimum atomic E-state index is -0.436. The predicted octanol–water partition coefficient (Wildman–Crippen LogP) is 4.25. The second kappa shape index (κ2) is 5.93. The van der Waals surface area contributed by atoms with E-state index >= 15 is 0 Å². The summed E-state index contributed by atoms with van der Waals surface area (Å²) in [6, 6.07) is 8.47. The topological polar surface area (TPSA) is 63.4 Å². The Balaban J connectivity index is 2.81. The van der Waals surface area contributed by atoms with Gasteiger partial charge in [-0.1, -0.05) is 6.07 Å². The van der Waals surface area contributed by atoms with Gasteiger partial charge in [0.05, 0.1) is 4.92 Å². The van der Waals surface area contributed by atoms with Crippen molar-refractivity contribution in [2.24, 2.45) is 0 Å². The molecule has 0 heterocycles. The summed E-state index contributed by atoms with van der Waals surface area (Å²) in [6.07, 6.45) is 0. The van der Waals surface area contributed by atoms with Crippen LogP contribution in [0.4, 0.5) is 5.69 Å². The molecule has 0 radical (unpaired) electrons. The summed E-state index contributed by atoms with van der Waals surface area (Å²) in [6.45, 7) is 8.66. The average Bonchev–Trinajstić information content (AvgIpc) is 2.40. The lowest BCUT2D eigenvalue weighted by Gasteiger charge is -2.17. The zero-order valence-corrected chi connectivity index (χ0v) is 13.5. The van der Waals surface area contributed by atoms with Crippen molar-refractivity contribution in [2.45, 2.75) is 43.1 Å². The van der Waals surface area contributed by atoms with Crippen LogP contribution in [-0.2, 0) is 10.9 Å². The van der Waals surface area contributed by atoms with Crippen LogP contribution < -0.4 is 0 Å². The second-order valence-corrected chi connectivity index (χ2v) is 8.58. The molecule has 0 unspecified atom stereocenters. The molecule has 112 valence electrons. The number of nitrogens with zero attached hydrogens (tertiary/aromatic N) is 1. The molecule has 0 bridgehead atoms. The molecule has 5 heteroatoms. The largest absolute Gasteiger partial charge is 0.507 e. The summed E-state index contributed by atoms with van der Waals surface area (Å²) in [5.74, 6) is -0.0305. The van der Waals surface area contributed by atoms with Crippen LogP contribution in [0, 0.1) is 10.1 Å². The van der Waals surface area contributed by atoms with E-state index < -0.39 is 4.92 Å². The molecule has 2 rings (SSSR count). The summed E-state index contributed by atoms with van der Waals surface area (Å²) in [7, 11) is -0.0293. The molecule has 0 fully saturated rings. The smallest absolute Gasteiger partial charge is 0.281 e. The Morgan fingerprint density at radius 2 is 1.71 bits per heavy atom. The Bertz CT molecular complexity index is 675. The van der Waals surface area contributed by atoms with E-state index in [4.69, 9.17) is 0 Å². The number of benzene rings is 2. The maximum Gasteiger partial charge on any atom is 0.281 e. The van der Waals surface area contributed by atoms with Gasteiger partial charge in [-0.2, -0.15) is 0 Å². The van der Waals surface area contributed by atoms with Crippen molar-refractivity contribution in [1.82, 2.24) is 0 Å². The van der Waals surface area contributed by atoms with Crippen LogP contribution in [0.3, 0.4) is 0 Å². The van der Waals surface area contributed by atoms with E-state index in [0.717, 1.165) is 10.3 Å². The van der Waals surface area contributed by atoms with Crippen LogP contribution >= 0.6 is 0 Å². The van der Waals surface area contributed by atoms with Gasteiger partial charge in [-0.25, -0.2) is 0 Å². The van der Waals surface area contributed by atoms with E-state index in [1.165, 1.54) is 6.07 Å². The standard InChI is InChI=1S/C16H19NO3S/c1-10(2)21(11(3)4)15-9-8-14(18)16-12(15)6-5-7-13(16)17(19)20/h5-11H,1-4H3/p+1. The first-order chi connectivity index (χ1) is 9.84. The highest BCUT2D eigenvalue weighted by molar-refractivity contribution is 7.98. The van der Waals surface area contributed by atoms with Crippen molar-refractivity contribution in [2.75, 3.05) is 0 Å². The molecule has 0 aliphatic rings. The highest BCUT2D eigenvalue weighted by atomic mass is 32.2. The lowest BCUT2D eigenvalue weighted by atomic mass is 10.1. The van der Waals surface area contributed by atoms with E-state index in [1.807, 2.05) is 12.1 Å². The normalized spacial score (nSPS) is 11.8. The van der Waals surface area contributed by atoms with Crippen molar-refractivity contribution in [3.8, 4) is 5.75 Å². The van der Waals surface area contributed by atoms with Crippen LogP contribution in [0.2, 0.25) is 0 Å². The SMILES string of the molecule is CC(C)[S+](c1ccc(O)c2c([N+](=O)[O-])cccc12)C(C)C. The van der Waals surface area contributed by atoms with Gasteiger partial charge in [-0.15, -0.1) is 0 Å². The molecule has 0 saturated heterocycles. The number of phenols is 1. The first-order valence-electron chi connectivity index (χ1n) is 6.95. The maximum absolute atomic E-state index is 11.2. The molecule has 21 heavy (non-hydrogen) atoms. The Morgan fingerprint density at radius 3 is 2.24 bits per heavy atom. The van der Waals surface area contributed by atoms with Gasteiger partial charge >= 0.3 is 0 Å². The molecular weight excluding hydrogens is 286 g/mol. The molecule has 4 nitrogen and oxygen atoms in total. The first kappa shape index (κ1) is 15.6. The van der Waals surface area contributed by atoms with E-state index in [0.29, 0.717) is 15.9 Å². The van der Waals surface area contributed by atoms with Gasteiger partial charge in [0.1, 0.15) is 21.6 Å². The van der Waals surface area contributed by atoms with Crippen molar-refractivity contribution >= 4 is 27.4 Å². The number of phenolic OH excluding ortho intramolecular Hbond substituents is 1. The van der Waals surface area contributed by atoms with Crippen LogP contribution in [-0.4, -0.2) is 20.5 Å². The van der Waals surface area contributed by atoms with Crippen molar-refractivity contribution < 1.29 is 10.0 Å². The van der Waals surface area contributed by atoms with Gasteiger partial charge in [0.2, 0.25) is 0 Å². The fraction of sp³-hybridized carbons (Fsp3) is 0.375. The minimum Gasteiger partial charge on any atom is -0.507 e. The van der Waals surface area contributed by atoms with Gasteiger partial charge in [0.15, 0.2) is 4.90 Å². The van der Waals surface area contributed by atoms with Gasteiger partial charge in [-0.05, 0) is 45.9 Å². The van der Waals surface area contributed by atoms with Crippen LogP contribution in [0.25, 0.3) is 10.8 Å². The molecule has 0 aromatic heterocycles. The molecule has 0 atom stereocenters. The number of nitro groups is 1. The molecule has 0 aliphatic heterocycles. The van der Waals surface area contributed by atoms with Gasteiger partial charge in [-0.3, -0.25) is 10.1 Å². The van der Waals surface area contributed by atoms with E-state index in [2.05, 4.69) is 27.7 Å². The summed E-state index contributed by atoms with van der Waals surface area (Å²) < 4.78 is 0. The molecule has 0 spiro atoms. The third-order valence-electron chi connectivity index (χ3n) is 3.42. The van der Waals surface area contributed by atoms with Gasteiger partial charge in [0.25, 0.3) is 5.69 Å². The first-order valence-corrected chi connectivity index (χ1v) is 8.30. The van der Waals surface area contributed by atoms with E-state index in [9.17, 15) is 15.2 Å². The molecule has 0 saturated carbocycles. The number of nitro benzene ring substituents is 1. The summed E-state index contributed by atoms with van der Waals surface area (Å²) in [5.41, 5.74) is -0.0390. The molecule has 1 N–H and O–H groups in total. The van der Waals surface area contributed by atoms with E-state index in [-0.39, 0.29) is 22.3 Å². The highest BCUT2D eigenvalue weighted by Gasteiger charge is 2.33. The molecule has 0 aliphatic carbocycles. The summed E-state index contributed by atoms with van der Waals surface area (Å²) in [5, 5.41) is 23.3. The van der Waals surface area contributed by atoms with Gasteiger partial charge < -0.3 is 5.11 Å². The minimum absolute atomic E-state index is 0.0293. The molecule has 2 aromatic carbocycles. The van der Waals surface area contributed by atoms with Gasteiger partial charge in [0, 0.05) is 22.3 Å². The Morgan fingerprint density at radius 1 is 1.10 bits per heavy atom. The fourth-order valence-electron chi connectivity index (χ4n) is 2.75. The van der Waals surface area contributed by atoms with Crippen LogP contribution in [0.15, 0.2) is 35.2 Å². The third-order valence-corrected chi connectivity index (χ3v) is 6.32. The number of fused-ring (bicyclic) bond motifs is 1. The third kappa shape index (κ3) is 2.83. The predicted molar refractivity (Wildman–Crippen MR) is 88.2 cm³/mol. The number of hydrogen-bond donors (Lipinski definition) is 1. The highest BCUT2D eigenvalue weighted by Crippen LogP contribution is 2.39. The average molecular weight is 306 g/mol. The molecule has 0 amide bonds. The number of non-ortho nitro benzene ring substituents is 1. The Hall–Kier alpha value is -1.75. The molecular formula is C16H20NO3S+. The quantitative estimate of drug-likeness (QED) is 0.522. The lowest BCUT2D eigenvalue weighted by Crippen LogP contribution is -2.24. The lowest BCUT2D eigenvalue weighted by molar-refractivity contribution is -0.383. The van der Waals surface area contributed by atoms with E-state index in [1.54, 1.807) is 12.1 Å². The van der Waals surface area contributed by atoms with Crippen LogP contribution in [0.1, 0.15) is 27.7 Å². The Labute approximate surface area is 127 Å². The number of hydrogen-bond acceptors (Lipinski definition) is 3. The van der Waals surface area contributed by atoms with Crippen molar-refractivity contribution in [3.63, 3.8) is 0 Å². The monoisotopic (exact) mass is 306 g/mol. The fourth-order valence-corrected chi connectivity index (χ4v) is 5.51. The number of rotatable bonds is 4. The summed E-state index contributed by atoms with van der Waals surface area (Å²) >= 11 is 0. The summed E-state index contributed by atoms with van der Waals surface area (Å²) in [4.78, 5) is 11.9. The van der Waals surface area contributed by atoms with Crippen LogP contribution in [0.5, 0.6) is 5.75 Å². The zero-order chi connectivity index (χ0) is 15.7. The number of aromatic hydroxyl groups is 1. The Kier molecular flexibility index (Phi) is 4.42. The molecule has 2 aromatic rings. The second-order valence-electron chi connectivity index (χ2n) is 5.51. The maximum atomic E-state index is 11.2.